The first-order valence-electron chi connectivity index (χ1n) is 7.29. The summed E-state index contributed by atoms with van der Waals surface area (Å²) in [4.78, 5) is 21.7. The maximum Gasteiger partial charge on any atom is 0.514 e. The van der Waals surface area contributed by atoms with E-state index in [4.69, 9.17) is 9.47 Å². The second kappa shape index (κ2) is 6.48. The molecule has 0 amide bonds. The van der Waals surface area contributed by atoms with Gasteiger partial charge in [0.2, 0.25) is 0 Å². The normalized spacial score (nSPS) is 19.5. The van der Waals surface area contributed by atoms with Crippen molar-refractivity contribution < 1.29 is 19.2 Å². The van der Waals surface area contributed by atoms with Crippen LogP contribution in [-0.2, 0) is 4.74 Å². The first-order chi connectivity index (χ1) is 11.1. The summed E-state index contributed by atoms with van der Waals surface area (Å²) in [5.74, 6) is 0.632. The number of non-ortho nitro benzene ring substituents is 1. The number of hydrogen-bond donors (Lipinski definition) is 0. The highest BCUT2D eigenvalue weighted by molar-refractivity contribution is 5.64. The summed E-state index contributed by atoms with van der Waals surface area (Å²) in [7, 11) is 0. The minimum Gasteiger partial charge on any atom is -0.431 e. The SMILES string of the molecule is O=C(Oc1ccc([N+](=O)[O-])cc1)OC1CC(c2ccccc2)C1. The molecule has 23 heavy (non-hydrogen) atoms. The smallest absolute Gasteiger partial charge is 0.431 e. The Hall–Kier alpha value is -2.89. The number of hydrogen-bond acceptors (Lipinski definition) is 5. The third-order valence-electron chi connectivity index (χ3n) is 3.88. The van der Waals surface area contributed by atoms with Crippen molar-refractivity contribution in [3.05, 3.63) is 70.3 Å². The summed E-state index contributed by atoms with van der Waals surface area (Å²) in [5, 5.41) is 10.5. The molecule has 0 unspecified atom stereocenters. The quantitative estimate of drug-likeness (QED) is 0.368. The first kappa shape index (κ1) is 15.0. The molecule has 0 N–H and O–H groups in total. The largest absolute Gasteiger partial charge is 0.514 e. The van der Waals surface area contributed by atoms with E-state index in [1.54, 1.807) is 0 Å². The molecule has 0 heterocycles. The molecule has 2 aromatic carbocycles. The number of ether oxygens (including phenoxy) is 2. The molecule has 0 bridgehead atoms. The summed E-state index contributed by atoms with van der Waals surface area (Å²) in [6.45, 7) is 0. The van der Waals surface area contributed by atoms with Gasteiger partial charge in [0.15, 0.2) is 0 Å². The minimum atomic E-state index is -0.782. The standard InChI is InChI=1S/C17H15NO5/c19-17(22-15-8-6-14(7-9-15)18(20)21)23-16-10-13(11-16)12-4-2-1-3-5-12/h1-9,13,16H,10-11H2. The van der Waals surface area contributed by atoms with Crippen LogP contribution < -0.4 is 4.74 Å². The number of benzene rings is 2. The highest BCUT2D eigenvalue weighted by Gasteiger charge is 2.33. The second-order valence-electron chi connectivity index (χ2n) is 5.42. The van der Waals surface area contributed by atoms with E-state index in [1.807, 2.05) is 18.2 Å². The predicted molar refractivity (Wildman–Crippen MR) is 82.4 cm³/mol. The molecule has 3 rings (SSSR count). The maximum absolute atomic E-state index is 11.7. The average molecular weight is 313 g/mol. The fraction of sp³-hybridized carbons (Fsp3) is 0.235. The van der Waals surface area contributed by atoms with E-state index in [2.05, 4.69) is 12.1 Å². The summed E-state index contributed by atoms with van der Waals surface area (Å²) in [6.07, 6.45) is 0.625. The molecule has 6 heteroatoms. The fourth-order valence-corrected chi connectivity index (χ4v) is 2.55. The van der Waals surface area contributed by atoms with Crippen LogP contribution in [-0.4, -0.2) is 17.2 Å². The zero-order valence-electron chi connectivity index (χ0n) is 12.3. The van der Waals surface area contributed by atoms with E-state index < -0.39 is 11.1 Å². The van der Waals surface area contributed by atoms with Gasteiger partial charge in [0.25, 0.3) is 5.69 Å². The van der Waals surface area contributed by atoms with Gasteiger partial charge in [0, 0.05) is 12.1 Å². The van der Waals surface area contributed by atoms with Gasteiger partial charge in [-0.15, -0.1) is 0 Å². The van der Waals surface area contributed by atoms with E-state index in [0.29, 0.717) is 5.92 Å². The van der Waals surface area contributed by atoms with Crippen molar-refractivity contribution in [1.82, 2.24) is 0 Å². The molecule has 0 spiro atoms. The molecule has 0 aromatic heterocycles. The van der Waals surface area contributed by atoms with Crippen LogP contribution in [0.2, 0.25) is 0 Å². The highest BCUT2D eigenvalue weighted by Crippen LogP contribution is 2.38. The van der Waals surface area contributed by atoms with Gasteiger partial charge in [0.1, 0.15) is 11.9 Å². The van der Waals surface area contributed by atoms with E-state index in [1.165, 1.54) is 29.8 Å². The Balaban J connectivity index is 1.46. The van der Waals surface area contributed by atoms with Crippen LogP contribution in [0.3, 0.4) is 0 Å². The van der Waals surface area contributed by atoms with Crippen molar-refractivity contribution in [3.8, 4) is 5.75 Å². The first-order valence-corrected chi connectivity index (χ1v) is 7.29. The van der Waals surface area contributed by atoms with Gasteiger partial charge < -0.3 is 9.47 Å². The molecular weight excluding hydrogens is 298 g/mol. The van der Waals surface area contributed by atoms with Gasteiger partial charge in [-0.2, -0.15) is 0 Å². The van der Waals surface area contributed by atoms with Gasteiger partial charge in [-0.3, -0.25) is 10.1 Å². The highest BCUT2D eigenvalue weighted by atomic mass is 16.7. The molecule has 0 aliphatic heterocycles. The molecule has 1 saturated carbocycles. The lowest BCUT2D eigenvalue weighted by atomic mass is 9.77. The molecular formula is C17H15NO5. The van der Waals surface area contributed by atoms with E-state index in [0.717, 1.165) is 12.8 Å². The van der Waals surface area contributed by atoms with E-state index >= 15 is 0 Å². The monoisotopic (exact) mass is 313 g/mol. The fourth-order valence-electron chi connectivity index (χ4n) is 2.55. The maximum atomic E-state index is 11.7. The molecule has 2 aromatic rings. The van der Waals surface area contributed by atoms with Crippen molar-refractivity contribution in [1.29, 1.82) is 0 Å². The lowest BCUT2D eigenvalue weighted by Gasteiger charge is -2.34. The van der Waals surface area contributed by atoms with Gasteiger partial charge in [-0.25, -0.2) is 4.79 Å². The Kier molecular flexibility index (Phi) is 4.23. The molecule has 0 radical (unpaired) electrons. The van der Waals surface area contributed by atoms with Crippen molar-refractivity contribution >= 4 is 11.8 Å². The Morgan fingerprint density at radius 2 is 1.70 bits per heavy atom. The zero-order valence-corrected chi connectivity index (χ0v) is 12.3. The van der Waals surface area contributed by atoms with Gasteiger partial charge in [0.05, 0.1) is 4.92 Å². The molecule has 1 fully saturated rings. The summed E-state index contributed by atoms with van der Waals surface area (Å²) < 4.78 is 10.2. The lowest BCUT2D eigenvalue weighted by molar-refractivity contribution is -0.384. The topological polar surface area (TPSA) is 78.7 Å². The van der Waals surface area contributed by atoms with Crippen molar-refractivity contribution in [2.75, 3.05) is 0 Å². The van der Waals surface area contributed by atoms with Crippen LogP contribution >= 0.6 is 0 Å². The Labute approximate surface area is 132 Å². The minimum absolute atomic E-state index is 0.0598. The molecule has 0 saturated heterocycles. The van der Waals surface area contributed by atoms with Crippen LogP contribution in [0.4, 0.5) is 10.5 Å². The second-order valence-corrected chi connectivity index (χ2v) is 5.42. The van der Waals surface area contributed by atoms with E-state index in [-0.39, 0.29) is 17.5 Å². The molecule has 1 aliphatic carbocycles. The van der Waals surface area contributed by atoms with Crippen LogP contribution in [0.5, 0.6) is 5.75 Å². The Bertz CT molecular complexity index is 693. The third kappa shape index (κ3) is 3.66. The Morgan fingerprint density at radius 3 is 2.30 bits per heavy atom. The number of nitrogens with zero attached hydrogens (tertiary/aromatic N) is 1. The van der Waals surface area contributed by atoms with E-state index in [9.17, 15) is 14.9 Å². The van der Waals surface area contributed by atoms with Gasteiger partial charge >= 0.3 is 6.16 Å². The number of rotatable bonds is 4. The predicted octanol–water partition coefficient (Wildman–Crippen LogP) is 4.06. The third-order valence-corrected chi connectivity index (χ3v) is 3.88. The van der Waals surface area contributed by atoms with Crippen molar-refractivity contribution in [2.45, 2.75) is 24.9 Å². The van der Waals surface area contributed by atoms with Crippen molar-refractivity contribution in [3.63, 3.8) is 0 Å². The molecule has 6 nitrogen and oxygen atoms in total. The lowest BCUT2D eigenvalue weighted by Crippen LogP contribution is -2.32. The number of carbonyl (C=O) groups excluding carboxylic acids is 1. The Morgan fingerprint density at radius 1 is 1.04 bits per heavy atom. The number of carbonyl (C=O) groups is 1. The van der Waals surface area contributed by atoms with Crippen LogP contribution in [0.1, 0.15) is 24.3 Å². The van der Waals surface area contributed by atoms with Crippen LogP contribution in [0.25, 0.3) is 0 Å². The summed E-state index contributed by atoms with van der Waals surface area (Å²) in [6, 6.07) is 15.4. The summed E-state index contributed by atoms with van der Waals surface area (Å²) in [5.41, 5.74) is 1.19. The molecule has 118 valence electrons. The van der Waals surface area contributed by atoms with Crippen molar-refractivity contribution in [2.24, 2.45) is 0 Å². The van der Waals surface area contributed by atoms with Crippen LogP contribution in [0.15, 0.2) is 54.6 Å². The zero-order chi connectivity index (χ0) is 16.2. The molecule has 1 aliphatic rings. The summed E-state index contributed by atoms with van der Waals surface area (Å²) >= 11 is 0. The van der Waals surface area contributed by atoms with Crippen LogP contribution in [0, 0.1) is 10.1 Å². The number of nitro groups is 1. The van der Waals surface area contributed by atoms with Gasteiger partial charge in [-0.05, 0) is 36.5 Å². The molecule has 0 atom stereocenters. The number of nitro benzene ring substituents is 1. The average Bonchev–Trinajstić information content (AvgIpc) is 2.52. The van der Waals surface area contributed by atoms with Gasteiger partial charge in [-0.1, -0.05) is 30.3 Å².